The van der Waals surface area contributed by atoms with Crippen molar-refractivity contribution >= 4 is 41.7 Å². The minimum Gasteiger partial charge on any atom is -0.504 e. The second-order valence-corrected chi connectivity index (χ2v) is 8.14. The van der Waals surface area contributed by atoms with E-state index < -0.39 is 0 Å². The topological polar surface area (TPSA) is 65.9 Å². The largest absolute Gasteiger partial charge is 0.504 e. The van der Waals surface area contributed by atoms with Gasteiger partial charge in [0.1, 0.15) is 0 Å². The van der Waals surface area contributed by atoms with Crippen molar-refractivity contribution in [2.75, 3.05) is 26.0 Å². The summed E-state index contributed by atoms with van der Waals surface area (Å²) in [5, 5.41) is 17.9. The van der Waals surface area contributed by atoms with E-state index in [2.05, 4.69) is 36.2 Å². The van der Waals surface area contributed by atoms with Crippen molar-refractivity contribution in [2.24, 2.45) is 4.99 Å². The molecule has 0 radical (unpaired) electrons. The molecule has 3 N–H and O–H groups in total. The Morgan fingerprint density at radius 1 is 1.33 bits per heavy atom. The minimum absolute atomic E-state index is 0. The molecule has 2 unspecified atom stereocenters. The molecule has 0 spiro atoms. The molecule has 154 valence electrons. The first kappa shape index (κ1) is 24.2. The van der Waals surface area contributed by atoms with E-state index in [0.717, 1.165) is 23.3 Å². The first-order valence-electron chi connectivity index (χ1n) is 9.69. The summed E-state index contributed by atoms with van der Waals surface area (Å²) >= 11 is 2.08. The lowest BCUT2D eigenvalue weighted by atomic mass is 9.95. The van der Waals surface area contributed by atoms with Crippen molar-refractivity contribution in [2.45, 2.75) is 57.2 Å². The van der Waals surface area contributed by atoms with Crippen molar-refractivity contribution < 1.29 is 9.84 Å². The number of benzene rings is 1. The van der Waals surface area contributed by atoms with Crippen LogP contribution >= 0.6 is 35.7 Å². The van der Waals surface area contributed by atoms with Gasteiger partial charge in [0.05, 0.1) is 7.11 Å². The number of thioether (sulfide) groups is 1. The lowest BCUT2D eigenvalue weighted by Gasteiger charge is -2.30. The highest BCUT2D eigenvalue weighted by molar-refractivity contribution is 14.0. The van der Waals surface area contributed by atoms with E-state index >= 15 is 0 Å². The molecule has 1 fully saturated rings. The van der Waals surface area contributed by atoms with Crippen molar-refractivity contribution in [1.82, 2.24) is 10.6 Å². The molecule has 0 aromatic heterocycles. The van der Waals surface area contributed by atoms with Gasteiger partial charge in [-0.25, -0.2) is 0 Å². The molecule has 7 heteroatoms. The summed E-state index contributed by atoms with van der Waals surface area (Å²) in [6.45, 7) is 5.79. The van der Waals surface area contributed by atoms with Crippen LogP contribution in [0.15, 0.2) is 23.2 Å². The fraction of sp³-hybridized carbons (Fsp3) is 0.650. The Kier molecular flexibility index (Phi) is 12.0. The third kappa shape index (κ3) is 7.97. The summed E-state index contributed by atoms with van der Waals surface area (Å²) in [6, 6.07) is 6.08. The molecule has 0 bridgehead atoms. The lowest BCUT2D eigenvalue weighted by Crippen LogP contribution is -2.45. The van der Waals surface area contributed by atoms with Crippen molar-refractivity contribution in [1.29, 1.82) is 0 Å². The zero-order valence-electron chi connectivity index (χ0n) is 16.7. The highest BCUT2D eigenvalue weighted by Gasteiger charge is 2.22. The zero-order valence-corrected chi connectivity index (χ0v) is 19.8. The fourth-order valence-corrected chi connectivity index (χ4v) is 4.57. The van der Waals surface area contributed by atoms with E-state index in [1.54, 1.807) is 13.2 Å². The maximum Gasteiger partial charge on any atom is 0.191 e. The number of nitrogens with one attached hydrogen (secondary N) is 2. The van der Waals surface area contributed by atoms with Crippen LogP contribution in [0, 0.1) is 0 Å². The Morgan fingerprint density at radius 2 is 2.15 bits per heavy atom. The molecule has 5 nitrogen and oxygen atoms in total. The highest BCUT2D eigenvalue weighted by atomic mass is 127. The average Bonchev–Trinajstić information content (AvgIpc) is 2.64. The van der Waals surface area contributed by atoms with Gasteiger partial charge >= 0.3 is 0 Å². The lowest BCUT2D eigenvalue weighted by molar-refractivity contribution is 0.370. The van der Waals surface area contributed by atoms with E-state index in [9.17, 15) is 5.11 Å². The van der Waals surface area contributed by atoms with Crippen LogP contribution in [0.4, 0.5) is 0 Å². The molecule has 1 aromatic carbocycles. The maximum absolute atomic E-state index is 10.2. The standard InChI is InChI=1S/C20H33N3O2S.HI/c1-4-21-20(23-16-9-7-10-17(14-16)26-5-2)22-13-12-15-8-6-11-18(25-3)19(15)24;/h6,8,11,16-17,24H,4-5,7,9-10,12-14H2,1-3H3,(H2,21,22,23);1H. The van der Waals surface area contributed by atoms with Gasteiger partial charge in [-0.15, -0.1) is 24.0 Å². The van der Waals surface area contributed by atoms with Gasteiger partial charge in [-0.1, -0.05) is 25.5 Å². The van der Waals surface area contributed by atoms with Crippen molar-refractivity contribution in [3.63, 3.8) is 0 Å². The Labute approximate surface area is 185 Å². The summed E-state index contributed by atoms with van der Waals surface area (Å²) in [5.41, 5.74) is 0.862. The van der Waals surface area contributed by atoms with Crippen LogP contribution in [-0.4, -0.2) is 48.3 Å². The first-order chi connectivity index (χ1) is 12.7. The molecular weight excluding hydrogens is 473 g/mol. The summed E-state index contributed by atoms with van der Waals surface area (Å²) in [7, 11) is 1.57. The van der Waals surface area contributed by atoms with Gasteiger partial charge in [0.25, 0.3) is 0 Å². The summed E-state index contributed by atoms with van der Waals surface area (Å²) in [4.78, 5) is 4.71. The Balaban J connectivity index is 0.00000364. The highest BCUT2D eigenvalue weighted by Crippen LogP contribution is 2.30. The molecule has 1 saturated carbocycles. The number of hydrogen-bond donors (Lipinski definition) is 3. The summed E-state index contributed by atoms with van der Waals surface area (Å²) in [6.07, 6.45) is 5.71. The normalized spacial score (nSPS) is 19.9. The molecule has 2 rings (SSSR count). The van der Waals surface area contributed by atoms with Crippen LogP contribution in [0.2, 0.25) is 0 Å². The number of methoxy groups -OCH3 is 1. The molecule has 1 aliphatic carbocycles. The predicted octanol–water partition coefficient (Wildman–Crippen LogP) is 4.18. The van der Waals surface area contributed by atoms with E-state index in [0.29, 0.717) is 24.8 Å². The number of phenolic OH excluding ortho intramolecular Hbond substituents is 1. The van der Waals surface area contributed by atoms with Crippen LogP contribution in [0.25, 0.3) is 0 Å². The number of aliphatic imine (C=N–C) groups is 1. The second-order valence-electron chi connectivity index (χ2n) is 6.56. The number of ether oxygens (including phenoxy) is 1. The molecule has 0 heterocycles. The first-order valence-corrected chi connectivity index (χ1v) is 10.7. The average molecular weight is 507 g/mol. The number of guanidine groups is 1. The zero-order chi connectivity index (χ0) is 18.8. The van der Waals surface area contributed by atoms with Gasteiger partial charge in [-0.2, -0.15) is 11.8 Å². The number of halogens is 1. The molecule has 1 aliphatic rings. The van der Waals surface area contributed by atoms with Crippen LogP contribution < -0.4 is 15.4 Å². The van der Waals surface area contributed by atoms with Gasteiger partial charge in [-0.3, -0.25) is 4.99 Å². The van der Waals surface area contributed by atoms with E-state index in [-0.39, 0.29) is 29.7 Å². The Bertz CT molecular complexity index is 584. The molecule has 0 amide bonds. The van der Waals surface area contributed by atoms with Crippen molar-refractivity contribution in [3.05, 3.63) is 23.8 Å². The molecule has 27 heavy (non-hydrogen) atoms. The summed E-state index contributed by atoms with van der Waals surface area (Å²) in [5.74, 6) is 2.80. The Morgan fingerprint density at radius 3 is 2.85 bits per heavy atom. The molecule has 2 atom stereocenters. The van der Waals surface area contributed by atoms with Crippen LogP contribution in [0.3, 0.4) is 0 Å². The third-order valence-corrected chi connectivity index (χ3v) is 5.90. The Hall–Kier alpha value is -0.830. The smallest absolute Gasteiger partial charge is 0.191 e. The molecular formula is C20H34IN3O2S. The number of phenols is 1. The van der Waals surface area contributed by atoms with E-state index in [1.807, 2.05) is 12.1 Å². The number of hydrogen-bond acceptors (Lipinski definition) is 4. The van der Waals surface area contributed by atoms with Gasteiger partial charge in [0, 0.05) is 24.4 Å². The predicted molar refractivity (Wildman–Crippen MR) is 127 cm³/mol. The number of aromatic hydroxyl groups is 1. The molecule has 0 aliphatic heterocycles. The molecule has 1 aromatic rings. The van der Waals surface area contributed by atoms with Gasteiger partial charge in [-0.05, 0) is 50.0 Å². The van der Waals surface area contributed by atoms with Crippen LogP contribution in [0.1, 0.15) is 45.1 Å². The van der Waals surface area contributed by atoms with Crippen LogP contribution in [-0.2, 0) is 6.42 Å². The van der Waals surface area contributed by atoms with Gasteiger partial charge in [0.15, 0.2) is 17.5 Å². The minimum atomic E-state index is 0. The summed E-state index contributed by atoms with van der Waals surface area (Å²) < 4.78 is 5.17. The number of para-hydroxylation sites is 1. The van der Waals surface area contributed by atoms with Crippen LogP contribution in [0.5, 0.6) is 11.5 Å². The maximum atomic E-state index is 10.2. The quantitative estimate of drug-likeness (QED) is 0.280. The fourth-order valence-electron chi connectivity index (χ4n) is 3.40. The third-order valence-electron chi connectivity index (χ3n) is 4.67. The van der Waals surface area contributed by atoms with Gasteiger partial charge in [0.2, 0.25) is 0 Å². The monoisotopic (exact) mass is 507 g/mol. The van der Waals surface area contributed by atoms with Crippen molar-refractivity contribution in [3.8, 4) is 11.5 Å². The number of rotatable bonds is 8. The SMILES string of the molecule is CCNC(=NCCc1cccc(OC)c1O)NC1CCCC(SCC)C1.I. The van der Waals surface area contributed by atoms with Gasteiger partial charge < -0.3 is 20.5 Å². The second kappa shape index (κ2) is 13.4. The number of nitrogens with zero attached hydrogens (tertiary/aromatic N) is 1. The molecule has 0 saturated heterocycles. The van der Waals surface area contributed by atoms with E-state index in [1.165, 1.54) is 31.4 Å². The van der Waals surface area contributed by atoms with E-state index in [4.69, 9.17) is 9.73 Å².